The summed E-state index contributed by atoms with van der Waals surface area (Å²) in [6.07, 6.45) is 9.03. The van der Waals surface area contributed by atoms with Crippen LogP contribution in [0.2, 0.25) is 0 Å². The van der Waals surface area contributed by atoms with Gasteiger partial charge in [0.15, 0.2) is 0 Å². The molecule has 0 aromatic heterocycles. The molecule has 2 N–H and O–H groups in total. The summed E-state index contributed by atoms with van der Waals surface area (Å²) in [4.78, 5) is 0. The minimum Gasteiger partial charge on any atom is -0.392 e. The Balaban J connectivity index is 1.56. The Labute approximate surface area is 80.7 Å². The fourth-order valence-electron chi connectivity index (χ4n) is 2.30. The van der Waals surface area contributed by atoms with Gasteiger partial charge in [0.2, 0.25) is 0 Å². The van der Waals surface area contributed by atoms with E-state index in [1.54, 1.807) is 0 Å². The third kappa shape index (κ3) is 3.28. The van der Waals surface area contributed by atoms with Crippen LogP contribution in [0.3, 0.4) is 0 Å². The van der Waals surface area contributed by atoms with Crippen molar-refractivity contribution in [2.75, 3.05) is 6.54 Å². The summed E-state index contributed by atoms with van der Waals surface area (Å²) in [7, 11) is 0. The Morgan fingerprint density at radius 1 is 1.15 bits per heavy atom. The molecule has 0 aliphatic heterocycles. The van der Waals surface area contributed by atoms with Gasteiger partial charge in [0.05, 0.1) is 6.10 Å². The van der Waals surface area contributed by atoms with Gasteiger partial charge in [0, 0.05) is 12.6 Å². The second-order valence-corrected chi connectivity index (χ2v) is 4.72. The van der Waals surface area contributed by atoms with Gasteiger partial charge >= 0.3 is 0 Å². The van der Waals surface area contributed by atoms with Crippen LogP contribution in [0.5, 0.6) is 0 Å². The first kappa shape index (κ1) is 9.47. The quantitative estimate of drug-likeness (QED) is 0.679. The first-order chi connectivity index (χ1) is 6.34. The second kappa shape index (κ2) is 4.43. The summed E-state index contributed by atoms with van der Waals surface area (Å²) < 4.78 is 0. The predicted molar refractivity (Wildman–Crippen MR) is 53.6 cm³/mol. The Morgan fingerprint density at radius 3 is 2.46 bits per heavy atom. The summed E-state index contributed by atoms with van der Waals surface area (Å²) in [6.45, 7) is 0.821. The molecule has 2 nitrogen and oxygen atoms in total. The number of aliphatic hydroxyl groups is 1. The first-order valence-electron chi connectivity index (χ1n) is 5.76. The molecule has 0 saturated heterocycles. The predicted octanol–water partition coefficient (Wildman–Crippen LogP) is 1.68. The van der Waals surface area contributed by atoms with E-state index in [-0.39, 0.29) is 6.10 Å². The van der Waals surface area contributed by atoms with Crippen molar-refractivity contribution in [1.82, 2.24) is 5.32 Å². The second-order valence-electron chi connectivity index (χ2n) is 4.72. The van der Waals surface area contributed by atoms with Crippen LogP contribution in [-0.4, -0.2) is 23.8 Å². The highest BCUT2D eigenvalue weighted by Crippen LogP contribution is 2.28. The van der Waals surface area contributed by atoms with Crippen molar-refractivity contribution in [2.24, 2.45) is 5.92 Å². The Hall–Kier alpha value is -0.0800. The molecule has 0 radical (unpaired) electrons. The Bertz CT molecular complexity index is 150. The zero-order valence-corrected chi connectivity index (χ0v) is 8.34. The van der Waals surface area contributed by atoms with Crippen molar-refractivity contribution >= 4 is 0 Å². The largest absolute Gasteiger partial charge is 0.392 e. The number of hydrogen-bond donors (Lipinski definition) is 2. The van der Waals surface area contributed by atoms with E-state index >= 15 is 0 Å². The zero-order chi connectivity index (χ0) is 9.10. The summed E-state index contributed by atoms with van der Waals surface area (Å²) in [5.41, 5.74) is 0. The molecule has 0 spiro atoms. The number of aliphatic hydroxyl groups excluding tert-OH is 1. The van der Waals surface area contributed by atoms with Crippen LogP contribution < -0.4 is 5.32 Å². The molecule has 2 heteroatoms. The molecule has 0 amide bonds. The van der Waals surface area contributed by atoms with Crippen molar-refractivity contribution in [2.45, 2.75) is 57.1 Å². The highest BCUT2D eigenvalue weighted by atomic mass is 16.3. The monoisotopic (exact) mass is 183 g/mol. The lowest BCUT2D eigenvalue weighted by molar-refractivity contribution is 0.140. The van der Waals surface area contributed by atoms with E-state index in [1.165, 1.54) is 38.5 Å². The van der Waals surface area contributed by atoms with E-state index < -0.39 is 0 Å². The van der Waals surface area contributed by atoms with Crippen molar-refractivity contribution in [1.29, 1.82) is 0 Å². The van der Waals surface area contributed by atoms with E-state index in [1.807, 2.05) is 0 Å². The molecule has 2 aliphatic carbocycles. The molecule has 0 aromatic carbocycles. The molecule has 1 unspecified atom stereocenters. The van der Waals surface area contributed by atoms with Gasteiger partial charge in [-0.3, -0.25) is 0 Å². The Morgan fingerprint density at radius 2 is 1.85 bits per heavy atom. The van der Waals surface area contributed by atoms with E-state index in [9.17, 15) is 5.11 Å². The molecule has 2 fully saturated rings. The van der Waals surface area contributed by atoms with Gasteiger partial charge in [-0.1, -0.05) is 25.7 Å². The lowest BCUT2D eigenvalue weighted by Crippen LogP contribution is -2.29. The maximum absolute atomic E-state index is 9.72. The lowest BCUT2D eigenvalue weighted by atomic mass is 10.0. The molecule has 76 valence electrons. The van der Waals surface area contributed by atoms with Crippen LogP contribution in [0.25, 0.3) is 0 Å². The van der Waals surface area contributed by atoms with Gasteiger partial charge in [-0.15, -0.1) is 0 Å². The molecule has 2 rings (SSSR count). The molecular weight excluding hydrogens is 162 g/mol. The molecule has 0 heterocycles. The van der Waals surface area contributed by atoms with E-state index in [2.05, 4.69) is 5.32 Å². The first-order valence-corrected chi connectivity index (χ1v) is 5.76. The summed E-state index contributed by atoms with van der Waals surface area (Å²) in [5, 5.41) is 13.1. The maximum atomic E-state index is 9.72. The van der Waals surface area contributed by atoms with Gasteiger partial charge < -0.3 is 10.4 Å². The molecule has 2 aliphatic rings. The third-order valence-corrected chi connectivity index (χ3v) is 3.30. The van der Waals surface area contributed by atoms with Crippen LogP contribution in [0.1, 0.15) is 44.9 Å². The summed E-state index contributed by atoms with van der Waals surface area (Å²) in [6, 6.07) is 0.734. The molecule has 0 bridgehead atoms. The fourth-order valence-corrected chi connectivity index (χ4v) is 2.30. The van der Waals surface area contributed by atoms with Crippen molar-refractivity contribution < 1.29 is 5.11 Å². The highest BCUT2D eigenvalue weighted by Gasteiger charge is 2.23. The van der Waals surface area contributed by atoms with Crippen LogP contribution in [0.15, 0.2) is 0 Å². The maximum Gasteiger partial charge on any atom is 0.0667 e. The molecule has 1 atom stereocenters. The van der Waals surface area contributed by atoms with E-state index in [0.29, 0.717) is 0 Å². The van der Waals surface area contributed by atoms with Gasteiger partial charge in [-0.25, -0.2) is 0 Å². The van der Waals surface area contributed by atoms with Gasteiger partial charge in [-0.2, -0.15) is 0 Å². The van der Waals surface area contributed by atoms with Crippen molar-refractivity contribution in [3.05, 3.63) is 0 Å². The number of rotatable bonds is 5. The summed E-state index contributed by atoms with van der Waals surface area (Å²) >= 11 is 0. The molecule has 2 saturated carbocycles. The number of nitrogens with one attached hydrogen (secondary N) is 1. The molecular formula is C11H21NO. The standard InChI is InChI=1S/C11H21NO/c13-11(8-12-10-5-6-10)7-9-3-1-2-4-9/h9-13H,1-8H2. The smallest absolute Gasteiger partial charge is 0.0667 e. The van der Waals surface area contributed by atoms with E-state index in [0.717, 1.165) is 24.9 Å². The van der Waals surface area contributed by atoms with Crippen LogP contribution in [0.4, 0.5) is 0 Å². The van der Waals surface area contributed by atoms with Crippen LogP contribution in [0, 0.1) is 5.92 Å². The van der Waals surface area contributed by atoms with Gasteiger partial charge in [0.25, 0.3) is 0 Å². The topological polar surface area (TPSA) is 32.3 Å². The number of hydrogen-bond acceptors (Lipinski definition) is 2. The minimum atomic E-state index is -0.0938. The van der Waals surface area contributed by atoms with E-state index in [4.69, 9.17) is 0 Å². The average Bonchev–Trinajstić information content (AvgIpc) is 2.82. The fraction of sp³-hybridized carbons (Fsp3) is 1.00. The normalized spacial score (nSPS) is 26.5. The van der Waals surface area contributed by atoms with Crippen LogP contribution in [-0.2, 0) is 0 Å². The highest BCUT2D eigenvalue weighted by molar-refractivity contribution is 4.82. The zero-order valence-electron chi connectivity index (χ0n) is 8.34. The third-order valence-electron chi connectivity index (χ3n) is 3.30. The minimum absolute atomic E-state index is 0.0938. The SMILES string of the molecule is OC(CNC1CC1)CC1CCCC1. The average molecular weight is 183 g/mol. The van der Waals surface area contributed by atoms with Crippen molar-refractivity contribution in [3.63, 3.8) is 0 Å². The van der Waals surface area contributed by atoms with Crippen LogP contribution >= 0.6 is 0 Å². The van der Waals surface area contributed by atoms with Crippen molar-refractivity contribution in [3.8, 4) is 0 Å². The lowest BCUT2D eigenvalue weighted by Gasteiger charge is -2.15. The van der Waals surface area contributed by atoms with Gasteiger partial charge in [0.1, 0.15) is 0 Å². The summed E-state index contributed by atoms with van der Waals surface area (Å²) in [5.74, 6) is 0.816. The Kier molecular flexibility index (Phi) is 3.23. The molecule has 0 aromatic rings. The molecule has 13 heavy (non-hydrogen) atoms. The van der Waals surface area contributed by atoms with Gasteiger partial charge in [-0.05, 0) is 25.2 Å².